The molecule has 0 unspecified atom stereocenters. The van der Waals surface area contributed by atoms with Crippen molar-refractivity contribution in [1.29, 1.82) is 0 Å². The van der Waals surface area contributed by atoms with Gasteiger partial charge in [-0.15, -0.1) is 0 Å². The zero-order chi connectivity index (χ0) is 15.4. The Labute approximate surface area is 130 Å². The summed E-state index contributed by atoms with van der Waals surface area (Å²) in [5, 5.41) is 5.81. The van der Waals surface area contributed by atoms with Gasteiger partial charge in [-0.1, -0.05) is 0 Å². The van der Waals surface area contributed by atoms with Crippen LogP contribution in [0, 0.1) is 12.7 Å². The number of hydrogen-bond acceptors (Lipinski definition) is 3. The van der Waals surface area contributed by atoms with Crippen LogP contribution in [-0.2, 0) is 0 Å². The van der Waals surface area contributed by atoms with Crippen LogP contribution in [0.15, 0.2) is 34.9 Å². The predicted molar refractivity (Wildman–Crippen MR) is 85.2 cm³/mol. The van der Waals surface area contributed by atoms with E-state index in [1.54, 1.807) is 25.1 Å². The van der Waals surface area contributed by atoms with Crippen LogP contribution in [0.4, 0.5) is 15.9 Å². The Morgan fingerprint density at radius 1 is 1.38 bits per heavy atom. The average Bonchev–Trinajstić information content (AvgIpc) is 2.46. The smallest absolute Gasteiger partial charge is 0.257 e. The number of aromatic nitrogens is 1. The lowest BCUT2D eigenvalue weighted by Crippen LogP contribution is -2.13. The van der Waals surface area contributed by atoms with Gasteiger partial charge < -0.3 is 10.6 Å². The largest absolute Gasteiger partial charge is 0.370 e. The minimum Gasteiger partial charge on any atom is -0.370 e. The maximum atomic E-state index is 13.4. The van der Waals surface area contributed by atoms with Crippen molar-refractivity contribution in [3.05, 3.63) is 51.9 Å². The molecule has 2 aromatic rings. The highest BCUT2D eigenvalue weighted by Gasteiger charge is 2.10. The number of aryl methyl sites for hydroxylation is 1. The number of carbonyl (C=O) groups is 1. The zero-order valence-electron chi connectivity index (χ0n) is 11.7. The molecular weight excluding hydrogens is 337 g/mol. The molecule has 1 aromatic heterocycles. The summed E-state index contributed by atoms with van der Waals surface area (Å²) in [6.07, 6.45) is 1.50. The summed E-state index contributed by atoms with van der Waals surface area (Å²) >= 11 is 3.11. The van der Waals surface area contributed by atoms with E-state index >= 15 is 0 Å². The van der Waals surface area contributed by atoms with Crippen molar-refractivity contribution in [2.75, 3.05) is 17.2 Å². The second kappa shape index (κ2) is 6.67. The first-order valence-corrected chi connectivity index (χ1v) is 7.27. The van der Waals surface area contributed by atoms with Crippen molar-refractivity contribution in [3.63, 3.8) is 0 Å². The molecule has 0 aliphatic heterocycles. The second-order valence-corrected chi connectivity index (χ2v) is 5.35. The standard InChI is InChI=1S/C15H15BrFN3O/c1-3-18-14-5-4-10(8-19-14)15(21)20-13-7-11(16)12(17)6-9(13)2/h4-8H,3H2,1-2H3,(H,18,19)(H,20,21). The van der Waals surface area contributed by atoms with Crippen molar-refractivity contribution >= 4 is 33.3 Å². The lowest BCUT2D eigenvalue weighted by Gasteiger charge is -2.10. The quantitative estimate of drug-likeness (QED) is 0.875. The number of halogens is 2. The Kier molecular flexibility index (Phi) is 4.90. The molecule has 1 aromatic carbocycles. The number of nitrogens with zero attached hydrogens (tertiary/aromatic N) is 1. The molecule has 2 N–H and O–H groups in total. The van der Waals surface area contributed by atoms with Crippen LogP contribution in [0.25, 0.3) is 0 Å². The molecule has 0 atom stereocenters. The monoisotopic (exact) mass is 351 g/mol. The first kappa shape index (κ1) is 15.4. The van der Waals surface area contributed by atoms with E-state index in [1.807, 2.05) is 6.92 Å². The summed E-state index contributed by atoms with van der Waals surface area (Å²) in [7, 11) is 0. The van der Waals surface area contributed by atoms with Gasteiger partial charge in [0, 0.05) is 18.4 Å². The Morgan fingerprint density at radius 3 is 2.76 bits per heavy atom. The van der Waals surface area contributed by atoms with Crippen LogP contribution in [0.2, 0.25) is 0 Å². The third-order valence-electron chi connectivity index (χ3n) is 2.90. The summed E-state index contributed by atoms with van der Waals surface area (Å²) in [6, 6.07) is 6.34. The van der Waals surface area contributed by atoms with Gasteiger partial charge in [0.05, 0.1) is 10.0 Å². The number of benzene rings is 1. The van der Waals surface area contributed by atoms with Gasteiger partial charge in [-0.05, 0) is 59.6 Å². The molecule has 1 amide bonds. The molecule has 110 valence electrons. The number of carbonyl (C=O) groups excluding carboxylic acids is 1. The number of rotatable bonds is 4. The number of pyridine rings is 1. The second-order valence-electron chi connectivity index (χ2n) is 4.50. The zero-order valence-corrected chi connectivity index (χ0v) is 13.3. The molecule has 0 bridgehead atoms. The maximum absolute atomic E-state index is 13.4. The van der Waals surface area contributed by atoms with E-state index in [0.717, 1.165) is 12.4 Å². The molecule has 0 saturated carbocycles. The molecule has 0 fully saturated rings. The predicted octanol–water partition coefficient (Wildman–Crippen LogP) is 3.98. The summed E-state index contributed by atoms with van der Waals surface area (Å²) in [5.74, 6) is 0.0732. The van der Waals surface area contributed by atoms with Crippen molar-refractivity contribution in [2.45, 2.75) is 13.8 Å². The van der Waals surface area contributed by atoms with E-state index in [0.29, 0.717) is 21.3 Å². The fourth-order valence-electron chi connectivity index (χ4n) is 1.79. The third-order valence-corrected chi connectivity index (χ3v) is 3.51. The fourth-order valence-corrected chi connectivity index (χ4v) is 2.13. The van der Waals surface area contributed by atoms with Crippen LogP contribution >= 0.6 is 15.9 Å². The Balaban J connectivity index is 2.16. The van der Waals surface area contributed by atoms with Gasteiger partial charge in [0.1, 0.15) is 11.6 Å². The topological polar surface area (TPSA) is 54.0 Å². The van der Waals surface area contributed by atoms with Gasteiger partial charge in [-0.3, -0.25) is 4.79 Å². The first-order chi connectivity index (χ1) is 10.0. The average molecular weight is 352 g/mol. The lowest BCUT2D eigenvalue weighted by atomic mass is 10.2. The van der Waals surface area contributed by atoms with Crippen LogP contribution in [0.5, 0.6) is 0 Å². The van der Waals surface area contributed by atoms with Gasteiger partial charge in [0.2, 0.25) is 0 Å². The number of amides is 1. The van der Waals surface area contributed by atoms with E-state index in [9.17, 15) is 9.18 Å². The molecule has 0 aliphatic carbocycles. The highest BCUT2D eigenvalue weighted by molar-refractivity contribution is 9.10. The minimum atomic E-state index is -0.359. The Hall–Kier alpha value is -1.95. The normalized spacial score (nSPS) is 10.3. The van der Waals surface area contributed by atoms with Gasteiger partial charge >= 0.3 is 0 Å². The molecule has 6 heteroatoms. The van der Waals surface area contributed by atoms with Gasteiger partial charge in [-0.2, -0.15) is 0 Å². The van der Waals surface area contributed by atoms with Gasteiger partial charge in [0.15, 0.2) is 0 Å². The molecule has 1 heterocycles. The number of hydrogen-bond donors (Lipinski definition) is 2. The summed E-state index contributed by atoms with van der Waals surface area (Å²) < 4.78 is 13.7. The molecule has 21 heavy (non-hydrogen) atoms. The minimum absolute atomic E-state index is 0.285. The summed E-state index contributed by atoms with van der Waals surface area (Å²) in [4.78, 5) is 16.3. The molecular formula is C15H15BrFN3O. The molecule has 0 aliphatic rings. The molecule has 0 spiro atoms. The van der Waals surface area contributed by atoms with Crippen LogP contribution in [0.1, 0.15) is 22.8 Å². The van der Waals surface area contributed by atoms with Crippen LogP contribution in [0.3, 0.4) is 0 Å². The van der Waals surface area contributed by atoms with E-state index < -0.39 is 0 Å². The molecule has 0 saturated heterocycles. The number of anilines is 2. The summed E-state index contributed by atoms with van der Waals surface area (Å²) in [5.41, 5.74) is 1.65. The van der Waals surface area contributed by atoms with Crippen molar-refractivity contribution in [3.8, 4) is 0 Å². The Morgan fingerprint density at radius 2 is 2.14 bits per heavy atom. The van der Waals surface area contributed by atoms with Crippen LogP contribution in [-0.4, -0.2) is 17.4 Å². The van der Waals surface area contributed by atoms with Crippen LogP contribution < -0.4 is 10.6 Å². The Bertz CT molecular complexity index is 659. The maximum Gasteiger partial charge on any atom is 0.257 e. The van der Waals surface area contributed by atoms with Gasteiger partial charge in [-0.25, -0.2) is 9.37 Å². The van der Waals surface area contributed by atoms with Gasteiger partial charge in [0.25, 0.3) is 5.91 Å². The highest BCUT2D eigenvalue weighted by Crippen LogP contribution is 2.24. The molecule has 4 nitrogen and oxygen atoms in total. The van der Waals surface area contributed by atoms with E-state index in [1.165, 1.54) is 12.3 Å². The molecule has 0 radical (unpaired) electrons. The van der Waals surface area contributed by atoms with E-state index in [-0.39, 0.29) is 11.7 Å². The van der Waals surface area contributed by atoms with Crippen molar-refractivity contribution in [2.24, 2.45) is 0 Å². The number of nitrogens with one attached hydrogen (secondary N) is 2. The fraction of sp³-hybridized carbons (Fsp3) is 0.200. The van der Waals surface area contributed by atoms with E-state index in [4.69, 9.17) is 0 Å². The molecule has 2 rings (SSSR count). The van der Waals surface area contributed by atoms with Crippen molar-refractivity contribution < 1.29 is 9.18 Å². The van der Waals surface area contributed by atoms with E-state index in [2.05, 4.69) is 31.5 Å². The lowest BCUT2D eigenvalue weighted by molar-refractivity contribution is 0.102. The first-order valence-electron chi connectivity index (χ1n) is 6.48. The SMILES string of the molecule is CCNc1ccc(C(=O)Nc2cc(Br)c(F)cc2C)cn1. The van der Waals surface area contributed by atoms with Crippen molar-refractivity contribution in [1.82, 2.24) is 4.98 Å². The third kappa shape index (κ3) is 3.78. The highest BCUT2D eigenvalue weighted by atomic mass is 79.9. The summed E-state index contributed by atoms with van der Waals surface area (Å²) in [6.45, 7) is 4.47.